The zero-order chi connectivity index (χ0) is 13.2. The van der Waals surface area contributed by atoms with Crippen LogP contribution >= 0.6 is 27.3 Å². The largest absolute Gasteiger partial charge is 0.314 e. The van der Waals surface area contributed by atoms with Crippen LogP contribution in [0.25, 0.3) is 0 Å². The Balaban J connectivity index is 1.98. The number of unbranched alkanes of at least 4 members (excludes halogenated alkanes) is 4. The highest BCUT2D eigenvalue weighted by molar-refractivity contribution is 9.11. The van der Waals surface area contributed by atoms with Crippen molar-refractivity contribution in [1.82, 2.24) is 5.32 Å². The van der Waals surface area contributed by atoms with Crippen LogP contribution in [-0.2, 0) is 6.42 Å². The highest BCUT2D eigenvalue weighted by atomic mass is 79.9. The van der Waals surface area contributed by atoms with Crippen LogP contribution in [0.3, 0.4) is 0 Å². The molecule has 18 heavy (non-hydrogen) atoms. The van der Waals surface area contributed by atoms with Crippen molar-refractivity contribution >= 4 is 27.3 Å². The van der Waals surface area contributed by atoms with Crippen molar-refractivity contribution < 1.29 is 0 Å². The van der Waals surface area contributed by atoms with Gasteiger partial charge in [0.2, 0.25) is 0 Å². The van der Waals surface area contributed by atoms with Crippen LogP contribution in [0.15, 0.2) is 15.9 Å². The van der Waals surface area contributed by atoms with Crippen LogP contribution in [0.4, 0.5) is 0 Å². The van der Waals surface area contributed by atoms with Gasteiger partial charge in [0.25, 0.3) is 0 Å². The summed E-state index contributed by atoms with van der Waals surface area (Å²) in [6.45, 7) is 5.68. The predicted molar refractivity (Wildman–Crippen MR) is 86.6 cm³/mol. The third-order valence-electron chi connectivity index (χ3n) is 3.23. The van der Waals surface area contributed by atoms with Crippen LogP contribution in [0, 0.1) is 0 Å². The fraction of sp³-hybridized carbons (Fsp3) is 0.733. The van der Waals surface area contributed by atoms with Crippen LogP contribution < -0.4 is 5.32 Å². The topological polar surface area (TPSA) is 12.0 Å². The van der Waals surface area contributed by atoms with Crippen molar-refractivity contribution in [1.29, 1.82) is 0 Å². The van der Waals surface area contributed by atoms with Gasteiger partial charge in [-0.15, -0.1) is 11.3 Å². The van der Waals surface area contributed by atoms with E-state index in [0.717, 1.165) is 13.0 Å². The van der Waals surface area contributed by atoms with Crippen molar-refractivity contribution in [2.45, 2.75) is 64.8 Å². The first-order chi connectivity index (χ1) is 8.72. The zero-order valence-electron chi connectivity index (χ0n) is 11.7. The average Bonchev–Trinajstić information content (AvgIpc) is 2.75. The lowest BCUT2D eigenvalue weighted by Gasteiger charge is -2.13. The van der Waals surface area contributed by atoms with Gasteiger partial charge in [0, 0.05) is 17.5 Å². The summed E-state index contributed by atoms with van der Waals surface area (Å²) in [7, 11) is 0. The minimum absolute atomic E-state index is 0.662. The molecule has 0 fully saturated rings. The molecule has 0 spiro atoms. The molecule has 104 valence electrons. The maximum Gasteiger partial charge on any atom is 0.0701 e. The molecule has 0 aliphatic carbocycles. The Bertz CT molecular complexity index is 311. The molecule has 1 rings (SSSR count). The smallest absolute Gasteiger partial charge is 0.0701 e. The first-order valence-corrected chi connectivity index (χ1v) is 8.81. The van der Waals surface area contributed by atoms with E-state index in [1.165, 1.54) is 47.2 Å². The van der Waals surface area contributed by atoms with Crippen LogP contribution in [-0.4, -0.2) is 12.6 Å². The maximum atomic E-state index is 3.62. The van der Waals surface area contributed by atoms with E-state index in [4.69, 9.17) is 0 Å². The van der Waals surface area contributed by atoms with Crippen molar-refractivity contribution in [2.24, 2.45) is 0 Å². The summed E-state index contributed by atoms with van der Waals surface area (Å²) in [5, 5.41) is 3.62. The van der Waals surface area contributed by atoms with Crippen LogP contribution in [0.2, 0.25) is 0 Å². The summed E-state index contributed by atoms with van der Waals surface area (Å²) in [5.74, 6) is 0. The molecule has 1 aromatic heterocycles. The lowest BCUT2D eigenvalue weighted by atomic mass is 10.1. The first kappa shape index (κ1) is 16.2. The molecular formula is C15H26BrNS. The van der Waals surface area contributed by atoms with E-state index >= 15 is 0 Å². The van der Waals surface area contributed by atoms with Crippen molar-refractivity contribution in [3.8, 4) is 0 Å². The second-order valence-electron chi connectivity index (χ2n) is 5.01. The number of hydrogen-bond donors (Lipinski definition) is 1. The molecule has 1 nitrogen and oxygen atoms in total. The summed E-state index contributed by atoms with van der Waals surface area (Å²) in [6, 6.07) is 5.01. The van der Waals surface area contributed by atoms with E-state index in [9.17, 15) is 0 Å². The number of nitrogens with one attached hydrogen (secondary N) is 1. The Kier molecular flexibility index (Phi) is 8.99. The SMILES string of the molecule is CCCCCCCC(C)NCCc1ccc(Br)s1. The fourth-order valence-electron chi connectivity index (χ4n) is 2.08. The molecule has 0 amide bonds. The molecule has 0 bridgehead atoms. The molecule has 0 saturated carbocycles. The van der Waals surface area contributed by atoms with Crippen molar-refractivity contribution in [3.63, 3.8) is 0 Å². The highest BCUT2D eigenvalue weighted by Crippen LogP contribution is 2.22. The third-order valence-corrected chi connectivity index (χ3v) is 4.92. The van der Waals surface area contributed by atoms with E-state index in [-0.39, 0.29) is 0 Å². The molecule has 0 aliphatic rings. The summed E-state index contributed by atoms with van der Waals surface area (Å²) >= 11 is 5.35. The van der Waals surface area contributed by atoms with Crippen molar-refractivity contribution in [3.05, 3.63) is 20.8 Å². The van der Waals surface area contributed by atoms with E-state index in [1.54, 1.807) is 0 Å². The fourth-order valence-corrected chi connectivity index (χ4v) is 3.57. The first-order valence-electron chi connectivity index (χ1n) is 7.20. The standard InChI is InChI=1S/C15H26BrNS/c1-3-4-5-6-7-8-13(2)17-12-11-14-9-10-15(16)18-14/h9-10,13,17H,3-8,11-12H2,1-2H3. The Morgan fingerprint density at radius 3 is 2.67 bits per heavy atom. The van der Waals surface area contributed by atoms with E-state index in [2.05, 4.69) is 47.2 Å². The van der Waals surface area contributed by atoms with Gasteiger partial charge in [-0.3, -0.25) is 0 Å². The Morgan fingerprint density at radius 1 is 1.22 bits per heavy atom. The minimum atomic E-state index is 0.662. The summed E-state index contributed by atoms with van der Waals surface area (Å²) < 4.78 is 1.24. The Morgan fingerprint density at radius 2 is 2.00 bits per heavy atom. The van der Waals surface area contributed by atoms with Gasteiger partial charge in [0.15, 0.2) is 0 Å². The number of thiophene rings is 1. The molecule has 1 atom stereocenters. The van der Waals surface area contributed by atoms with E-state index in [0.29, 0.717) is 6.04 Å². The molecule has 1 unspecified atom stereocenters. The third kappa shape index (κ3) is 7.55. The molecule has 1 N–H and O–H groups in total. The van der Waals surface area contributed by atoms with Gasteiger partial charge < -0.3 is 5.32 Å². The number of rotatable bonds is 10. The molecule has 3 heteroatoms. The van der Waals surface area contributed by atoms with Gasteiger partial charge in [-0.1, -0.05) is 39.0 Å². The Labute approximate surface area is 125 Å². The second kappa shape index (κ2) is 9.99. The maximum absolute atomic E-state index is 3.62. The van der Waals surface area contributed by atoms with Gasteiger partial charge in [-0.25, -0.2) is 0 Å². The van der Waals surface area contributed by atoms with E-state index < -0.39 is 0 Å². The molecule has 0 aromatic carbocycles. The summed E-state index contributed by atoms with van der Waals surface area (Å²) in [5.41, 5.74) is 0. The zero-order valence-corrected chi connectivity index (χ0v) is 14.1. The highest BCUT2D eigenvalue weighted by Gasteiger charge is 2.02. The lowest BCUT2D eigenvalue weighted by molar-refractivity contribution is 0.483. The molecule has 1 aromatic rings. The average molecular weight is 332 g/mol. The number of hydrogen-bond acceptors (Lipinski definition) is 2. The van der Waals surface area contributed by atoms with Crippen LogP contribution in [0.5, 0.6) is 0 Å². The monoisotopic (exact) mass is 331 g/mol. The molecular weight excluding hydrogens is 306 g/mol. The summed E-state index contributed by atoms with van der Waals surface area (Å²) in [4.78, 5) is 1.46. The van der Waals surface area contributed by atoms with Gasteiger partial charge in [-0.2, -0.15) is 0 Å². The normalized spacial score (nSPS) is 12.8. The van der Waals surface area contributed by atoms with Crippen molar-refractivity contribution in [2.75, 3.05) is 6.54 Å². The lowest BCUT2D eigenvalue weighted by Crippen LogP contribution is -2.27. The van der Waals surface area contributed by atoms with E-state index in [1.807, 2.05) is 11.3 Å². The minimum Gasteiger partial charge on any atom is -0.314 e. The van der Waals surface area contributed by atoms with Gasteiger partial charge >= 0.3 is 0 Å². The molecule has 0 aliphatic heterocycles. The quantitative estimate of drug-likeness (QED) is 0.566. The second-order valence-corrected chi connectivity index (χ2v) is 7.56. The molecule has 0 radical (unpaired) electrons. The van der Waals surface area contributed by atoms with Gasteiger partial charge in [0.05, 0.1) is 3.79 Å². The predicted octanol–water partition coefficient (Wildman–Crippen LogP) is 5.39. The van der Waals surface area contributed by atoms with Crippen LogP contribution in [0.1, 0.15) is 57.2 Å². The number of halogens is 1. The summed E-state index contributed by atoms with van der Waals surface area (Å²) in [6.07, 6.45) is 9.39. The van der Waals surface area contributed by atoms with Gasteiger partial charge in [0.1, 0.15) is 0 Å². The molecule has 1 heterocycles. The van der Waals surface area contributed by atoms with Gasteiger partial charge in [-0.05, 0) is 47.8 Å². The Hall–Kier alpha value is 0.140. The molecule has 0 saturated heterocycles.